The van der Waals surface area contributed by atoms with Gasteiger partial charge in [0.05, 0.1) is 0 Å². The number of aromatic nitrogens is 1. The van der Waals surface area contributed by atoms with E-state index in [4.69, 9.17) is 11.6 Å². The quantitative estimate of drug-likeness (QED) is 0.845. The Kier molecular flexibility index (Phi) is 3.57. The molecule has 0 unspecified atom stereocenters. The molecule has 1 aromatic rings. The fraction of sp³-hybridized carbons (Fsp3) is 0.500. The first kappa shape index (κ1) is 13.6. The van der Waals surface area contributed by atoms with Crippen molar-refractivity contribution in [3.05, 3.63) is 29.0 Å². The lowest BCUT2D eigenvalue weighted by Crippen LogP contribution is -2.40. The van der Waals surface area contributed by atoms with Gasteiger partial charge in [0.2, 0.25) is 10.0 Å². The van der Waals surface area contributed by atoms with Crippen molar-refractivity contribution in [2.75, 3.05) is 0 Å². The molecule has 1 aliphatic rings. The Labute approximate surface area is 108 Å². The highest BCUT2D eigenvalue weighted by Crippen LogP contribution is 2.47. The van der Waals surface area contributed by atoms with Crippen LogP contribution in [0.15, 0.2) is 18.3 Å². The summed E-state index contributed by atoms with van der Waals surface area (Å²) in [5.74, 6) is 0. The molecule has 8 heteroatoms. The van der Waals surface area contributed by atoms with E-state index < -0.39 is 21.2 Å². The van der Waals surface area contributed by atoms with Crippen molar-refractivity contribution in [1.29, 1.82) is 0 Å². The SMILES string of the molecule is O=S(=O)(NCc1ccnc(Cl)c1)C1(C(F)F)CC1. The van der Waals surface area contributed by atoms with Crippen molar-refractivity contribution in [2.45, 2.75) is 30.6 Å². The Balaban J connectivity index is 2.07. The number of pyridine rings is 1. The first-order chi connectivity index (χ1) is 8.37. The van der Waals surface area contributed by atoms with E-state index in [2.05, 4.69) is 9.71 Å². The molecule has 4 nitrogen and oxygen atoms in total. The van der Waals surface area contributed by atoms with Crippen LogP contribution in [0, 0.1) is 0 Å². The molecular weight excluding hydrogens is 286 g/mol. The normalized spacial score (nSPS) is 18.0. The number of rotatable bonds is 5. The number of nitrogens with one attached hydrogen (secondary N) is 1. The molecular formula is C10H11ClF2N2O2S. The predicted octanol–water partition coefficient (Wildman–Crippen LogP) is 1.95. The third-order valence-electron chi connectivity index (χ3n) is 2.93. The van der Waals surface area contributed by atoms with E-state index in [9.17, 15) is 17.2 Å². The Bertz CT molecular complexity index is 547. The molecule has 1 aliphatic carbocycles. The second kappa shape index (κ2) is 4.71. The molecule has 0 radical (unpaired) electrons. The Morgan fingerprint density at radius 1 is 1.50 bits per heavy atom. The van der Waals surface area contributed by atoms with E-state index in [0.717, 1.165) is 0 Å². The molecule has 0 aromatic carbocycles. The summed E-state index contributed by atoms with van der Waals surface area (Å²) in [6.07, 6.45) is -1.45. The van der Waals surface area contributed by atoms with Crippen molar-refractivity contribution in [1.82, 2.24) is 9.71 Å². The van der Waals surface area contributed by atoms with Gasteiger partial charge in [0.1, 0.15) is 9.90 Å². The molecule has 1 heterocycles. The van der Waals surface area contributed by atoms with Gasteiger partial charge in [0.15, 0.2) is 0 Å². The summed E-state index contributed by atoms with van der Waals surface area (Å²) in [6, 6.07) is 3.04. The number of nitrogens with zero attached hydrogens (tertiary/aromatic N) is 1. The lowest BCUT2D eigenvalue weighted by Gasteiger charge is -2.15. The molecule has 1 fully saturated rings. The molecule has 1 aromatic heterocycles. The molecule has 18 heavy (non-hydrogen) atoms. The van der Waals surface area contributed by atoms with Gasteiger partial charge in [-0.15, -0.1) is 0 Å². The Morgan fingerprint density at radius 2 is 2.17 bits per heavy atom. The van der Waals surface area contributed by atoms with Gasteiger partial charge in [-0.25, -0.2) is 26.9 Å². The van der Waals surface area contributed by atoms with Crippen LogP contribution in [-0.4, -0.2) is 24.6 Å². The molecule has 0 aliphatic heterocycles. The van der Waals surface area contributed by atoms with Crippen LogP contribution in [-0.2, 0) is 16.6 Å². The molecule has 0 bridgehead atoms. The summed E-state index contributed by atoms with van der Waals surface area (Å²) in [5.41, 5.74) is 0.573. The van der Waals surface area contributed by atoms with Crippen molar-refractivity contribution in [2.24, 2.45) is 0 Å². The third-order valence-corrected chi connectivity index (χ3v) is 5.32. The van der Waals surface area contributed by atoms with E-state index in [1.165, 1.54) is 12.3 Å². The van der Waals surface area contributed by atoms with Crippen molar-refractivity contribution in [3.8, 4) is 0 Å². The van der Waals surface area contributed by atoms with Crippen molar-refractivity contribution in [3.63, 3.8) is 0 Å². The highest BCUT2D eigenvalue weighted by Gasteiger charge is 2.61. The smallest absolute Gasteiger partial charge is 0.245 e. The van der Waals surface area contributed by atoms with Crippen LogP contribution < -0.4 is 4.72 Å². The maximum atomic E-state index is 12.7. The molecule has 0 amide bonds. The van der Waals surface area contributed by atoms with Gasteiger partial charge in [-0.05, 0) is 30.5 Å². The molecule has 0 atom stereocenters. The highest BCUT2D eigenvalue weighted by atomic mass is 35.5. The van der Waals surface area contributed by atoms with E-state index >= 15 is 0 Å². The minimum atomic E-state index is -4.02. The Morgan fingerprint density at radius 3 is 2.67 bits per heavy atom. The van der Waals surface area contributed by atoms with Gasteiger partial charge in [-0.2, -0.15) is 0 Å². The van der Waals surface area contributed by atoms with Crippen LogP contribution >= 0.6 is 11.6 Å². The molecule has 0 saturated heterocycles. The number of sulfonamides is 1. The van der Waals surface area contributed by atoms with E-state index in [-0.39, 0.29) is 24.5 Å². The lowest BCUT2D eigenvalue weighted by molar-refractivity contribution is 0.132. The van der Waals surface area contributed by atoms with Crippen LogP contribution in [0.2, 0.25) is 5.15 Å². The largest absolute Gasteiger partial charge is 0.259 e. The van der Waals surface area contributed by atoms with Crippen LogP contribution in [0.5, 0.6) is 0 Å². The van der Waals surface area contributed by atoms with Gasteiger partial charge in [-0.1, -0.05) is 11.6 Å². The minimum Gasteiger partial charge on any atom is -0.245 e. The first-order valence-electron chi connectivity index (χ1n) is 5.25. The summed E-state index contributed by atoms with van der Waals surface area (Å²) in [5, 5.41) is 0.224. The number of alkyl halides is 2. The second-order valence-corrected chi connectivity index (χ2v) is 6.67. The minimum absolute atomic E-state index is 0.00288. The zero-order valence-corrected chi connectivity index (χ0v) is 10.8. The van der Waals surface area contributed by atoms with Crippen LogP contribution in [0.3, 0.4) is 0 Å². The van der Waals surface area contributed by atoms with Crippen molar-refractivity contribution >= 4 is 21.6 Å². The van der Waals surface area contributed by atoms with Crippen molar-refractivity contribution < 1.29 is 17.2 Å². The standard InChI is InChI=1S/C10H11ClF2N2O2S/c11-8-5-7(1-4-14-8)6-15-18(16,17)10(2-3-10)9(12)13/h1,4-5,9,15H,2-3,6H2. The maximum Gasteiger partial charge on any atom is 0.259 e. The summed E-state index contributed by atoms with van der Waals surface area (Å²) in [4.78, 5) is 3.74. The second-order valence-electron chi connectivity index (χ2n) is 4.18. The van der Waals surface area contributed by atoms with E-state index in [0.29, 0.717) is 5.56 Å². The van der Waals surface area contributed by atoms with Crippen LogP contribution in [0.4, 0.5) is 8.78 Å². The summed E-state index contributed by atoms with van der Waals surface area (Å²) in [6.45, 7) is -0.0704. The summed E-state index contributed by atoms with van der Waals surface area (Å²) in [7, 11) is -4.02. The van der Waals surface area contributed by atoms with Gasteiger partial charge in [-0.3, -0.25) is 0 Å². The molecule has 1 saturated carbocycles. The van der Waals surface area contributed by atoms with Gasteiger partial charge < -0.3 is 0 Å². The average molecular weight is 297 g/mol. The zero-order chi connectivity index (χ0) is 13.4. The van der Waals surface area contributed by atoms with E-state index in [1.54, 1.807) is 6.07 Å². The topological polar surface area (TPSA) is 59.1 Å². The average Bonchev–Trinajstić information content (AvgIpc) is 3.08. The van der Waals surface area contributed by atoms with Gasteiger partial charge in [0, 0.05) is 12.7 Å². The number of hydrogen-bond donors (Lipinski definition) is 1. The zero-order valence-electron chi connectivity index (χ0n) is 9.24. The summed E-state index contributed by atoms with van der Waals surface area (Å²) >= 11 is 5.64. The van der Waals surface area contributed by atoms with E-state index in [1.807, 2.05) is 0 Å². The molecule has 1 N–H and O–H groups in total. The molecule has 2 rings (SSSR count). The van der Waals surface area contributed by atoms with Crippen LogP contribution in [0.25, 0.3) is 0 Å². The Hall–Kier alpha value is -0.790. The molecule has 100 valence electrons. The van der Waals surface area contributed by atoms with Crippen LogP contribution in [0.1, 0.15) is 18.4 Å². The highest BCUT2D eigenvalue weighted by molar-refractivity contribution is 7.91. The summed E-state index contributed by atoms with van der Waals surface area (Å²) < 4.78 is 49.3. The fourth-order valence-electron chi connectivity index (χ4n) is 1.60. The monoisotopic (exact) mass is 296 g/mol. The lowest BCUT2D eigenvalue weighted by atomic mass is 10.3. The maximum absolute atomic E-state index is 12.7. The van der Waals surface area contributed by atoms with Gasteiger partial charge in [0.25, 0.3) is 6.43 Å². The number of hydrogen-bond acceptors (Lipinski definition) is 3. The fourth-order valence-corrected chi connectivity index (χ4v) is 3.32. The third kappa shape index (κ3) is 2.48. The molecule has 0 spiro atoms. The number of halogens is 3. The first-order valence-corrected chi connectivity index (χ1v) is 7.11. The predicted molar refractivity (Wildman–Crippen MR) is 63.0 cm³/mol. The van der Waals surface area contributed by atoms with Gasteiger partial charge >= 0.3 is 0 Å².